The van der Waals surface area contributed by atoms with E-state index in [0.717, 1.165) is 34.0 Å². The van der Waals surface area contributed by atoms with E-state index < -0.39 is 0 Å². The molecule has 23 heavy (non-hydrogen) atoms. The molecule has 2 aromatic heterocycles. The molecule has 0 saturated heterocycles. The minimum atomic E-state index is -0.240. The number of aromatic nitrogens is 3. The fourth-order valence-electron chi connectivity index (χ4n) is 2.63. The maximum Gasteiger partial charge on any atom is 0.272 e. The smallest absolute Gasteiger partial charge is 0.272 e. The number of aryl methyl sites for hydroxylation is 1. The zero-order chi connectivity index (χ0) is 16.4. The number of nitrogens with zero attached hydrogens (tertiary/aromatic N) is 2. The number of benzene rings is 1. The van der Waals surface area contributed by atoms with Gasteiger partial charge in [0, 0.05) is 34.8 Å². The van der Waals surface area contributed by atoms with E-state index in [2.05, 4.69) is 20.5 Å². The number of aromatic amines is 1. The Morgan fingerprint density at radius 3 is 2.78 bits per heavy atom. The highest BCUT2D eigenvalue weighted by Crippen LogP contribution is 2.32. The lowest BCUT2D eigenvalue weighted by atomic mass is 9.99. The number of nitrogens with one attached hydrogen (secondary N) is 2. The second-order valence-electron chi connectivity index (χ2n) is 5.45. The van der Waals surface area contributed by atoms with Crippen molar-refractivity contribution in [3.05, 3.63) is 42.0 Å². The Bertz CT molecular complexity index is 869. The predicted octanol–water partition coefficient (Wildman–Crippen LogP) is 2.66. The molecule has 4 N–H and O–H groups in total. The topological polar surface area (TPSA) is 96.7 Å². The largest absolute Gasteiger partial charge is 0.396 e. The summed E-state index contributed by atoms with van der Waals surface area (Å²) in [5.41, 5.74) is 9.84. The highest BCUT2D eigenvalue weighted by molar-refractivity contribution is 6.09. The van der Waals surface area contributed by atoms with Crippen LogP contribution in [0.5, 0.6) is 0 Å². The van der Waals surface area contributed by atoms with Gasteiger partial charge in [0.15, 0.2) is 5.69 Å². The number of carbonyl (C=O) groups is 1. The standard InChI is InChI=1S/C17H19N5O/c1-3-7-19-17(23)16-15(18)12-6-4-5-11(14(12)8-20-16)13-9-21-22-10(13)2/h4-6,8-9H,3,7,18H2,1-2H3,(H,19,23)(H,21,22). The summed E-state index contributed by atoms with van der Waals surface area (Å²) in [5, 5.41) is 11.5. The van der Waals surface area contributed by atoms with Crippen molar-refractivity contribution in [2.24, 2.45) is 0 Å². The van der Waals surface area contributed by atoms with Gasteiger partial charge in [-0.2, -0.15) is 5.10 Å². The quantitative estimate of drug-likeness (QED) is 0.690. The third kappa shape index (κ3) is 2.63. The Hall–Kier alpha value is -2.89. The first-order valence-corrected chi connectivity index (χ1v) is 7.59. The van der Waals surface area contributed by atoms with Crippen molar-refractivity contribution in [3.8, 4) is 11.1 Å². The van der Waals surface area contributed by atoms with E-state index in [1.807, 2.05) is 32.0 Å². The van der Waals surface area contributed by atoms with E-state index >= 15 is 0 Å². The monoisotopic (exact) mass is 309 g/mol. The van der Waals surface area contributed by atoms with Gasteiger partial charge in [-0.25, -0.2) is 4.98 Å². The van der Waals surface area contributed by atoms with Gasteiger partial charge in [0.05, 0.1) is 11.9 Å². The number of nitrogen functional groups attached to an aromatic ring is 1. The summed E-state index contributed by atoms with van der Waals surface area (Å²) in [4.78, 5) is 16.5. The Morgan fingerprint density at radius 1 is 1.26 bits per heavy atom. The number of amides is 1. The predicted molar refractivity (Wildman–Crippen MR) is 91.1 cm³/mol. The number of nitrogens with two attached hydrogens (primary N) is 1. The number of H-pyrrole nitrogens is 1. The third-order valence-corrected chi connectivity index (χ3v) is 3.84. The van der Waals surface area contributed by atoms with Crippen LogP contribution in [0.3, 0.4) is 0 Å². The Morgan fingerprint density at radius 2 is 2.09 bits per heavy atom. The van der Waals surface area contributed by atoms with Crippen LogP contribution in [0.4, 0.5) is 5.69 Å². The SMILES string of the molecule is CCCNC(=O)c1ncc2c(-c3cn[nH]c3C)cccc2c1N. The number of fused-ring (bicyclic) bond motifs is 1. The zero-order valence-corrected chi connectivity index (χ0v) is 13.2. The molecule has 6 heteroatoms. The summed E-state index contributed by atoms with van der Waals surface area (Å²) in [6.07, 6.45) is 4.35. The maximum absolute atomic E-state index is 12.2. The van der Waals surface area contributed by atoms with E-state index in [1.165, 1.54) is 0 Å². The lowest BCUT2D eigenvalue weighted by Gasteiger charge is -2.11. The molecule has 0 unspecified atom stereocenters. The molecule has 2 heterocycles. The van der Waals surface area contributed by atoms with Gasteiger partial charge < -0.3 is 11.1 Å². The minimum absolute atomic E-state index is 0.240. The summed E-state index contributed by atoms with van der Waals surface area (Å²) in [6, 6.07) is 5.83. The second kappa shape index (κ2) is 6.08. The number of hydrogen-bond acceptors (Lipinski definition) is 4. The van der Waals surface area contributed by atoms with Crippen molar-refractivity contribution in [2.75, 3.05) is 12.3 Å². The van der Waals surface area contributed by atoms with Gasteiger partial charge in [-0.05, 0) is 18.9 Å². The van der Waals surface area contributed by atoms with Crippen LogP contribution in [0.2, 0.25) is 0 Å². The Labute approximate surface area is 134 Å². The molecule has 0 atom stereocenters. The van der Waals surface area contributed by atoms with Crippen LogP contribution >= 0.6 is 0 Å². The molecule has 0 bridgehead atoms. The lowest BCUT2D eigenvalue weighted by molar-refractivity contribution is 0.0950. The number of carbonyl (C=O) groups excluding carboxylic acids is 1. The van der Waals surface area contributed by atoms with Crippen LogP contribution in [-0.4, -0.2) is 27.6 Å². The highest BCUT2D eigenvalue weighted by atomic mass is 16.1. The van der Waals surface area contributed by atoms with Crippen LogP contribution in [-0.2, 0) is 0 Å². The van der Waals surface area contributed by atoms with E-state index in [1.54, 1.807) is 12.4 Å². The van der Waals surface area contributed by atoms with Gasteiger partial charge in [-0.15, -0.1) is 0 Å². The van der Waals surface area contributed by atoms with Crippen molar-refractivity contribution >= 4 is 22.4 Å². The molecule has 0 spiro atoms. The van der Waals surface area contributed by atoms with Crippen LogP contribution in [0.1, 0.15) is 29.5 Å². The van der Waals surface area contributed by atoms with E-state index in [4.69, 9.17) is 5.73 Å². The van der Waals surface area contributed by atoms with Gasteiger partial charge in [0.1, 0.15) is 0 Å². The summed E-state index contributed by atoms with van der Waals surface area (Å²) >= 11 is 0. The van der Waals surface area contributed by atoms with Crippen molar-refractivity contribution in [1.82, 2.24) is 20.5 Å². The van der Waals surface area contributed by atoms with Gasteiger partial charge in [-0.3, -0.25) is 9.89 Å². The van der Waals surface area contributed by atoms with Crippen LogP contribution in [0, 0.1) is 6.92 Å². The normalized spacial score (nSPS) is 10.9. The molecule has 0 radical (unpaired) electrons. The van der Waals surface area contributed by atoms with E-state index in [-0.39, 0.29) is 11.6 Å². The molecular weight excluding hydrogens is 290 g/mol. The fraction of sp³-hybridized carbons (Fsp3) is 0.235. The molecule has 0 fully saturated rings. The van der Waals surface area contributed by atoms with E-state index in [0.29, 0.717) is 12.2 Å². The summed E-state index contributed by atoms with van der Waals surface area (Å²) < 4.78 is 0. The number of rotatable bonds is 4. The first kappa shape index (κ1) is 15.0. The van der Waals surface area contributed by atoms with Gasteiger partial charge in [-0.1, -0.05) is 25.1 Å². The lowest BCUT2D eigenvalue weighted by Crippen LogP contribution is -2.26. The Balaban J connectivity index is 2.13. The first-order chi connectivity index (χ1) is 11.1. The third-order valence-electron chi connectivity index (χ3n) is 3.84. The number of pyridine rings is 1. The molecule has 1 aromatic carbocycles. The molecule has 0 aliphatic heterocycles. The van der Waals surface area contributed by atoms with Crippen molar-refractivity contribution < 1.29 is 4.79 Å². The molecule has 0 aliphatic rings. The van der Waals surface area contributed by atoms with Gasteiger partial charge >= 0.3 is 0 Å². The van der Waals surface area contributed by atoms with Crippen molar-refractivity contribution in [1.29, 1.82) is 0 Å². The van der Waals surface area contributed by atoms with Crippen molar-refractivity contribution in [3.63, 3.8) is 0 Å². The Kier molecular flexibility index (Phi) is 3.97. The number of anilines is 1. The van der Waals surface area contributed by atoms with Crippen LogP contribution in [0.25, 0.3) is 21.9 Å². The summed E-state index contributed by atoms with van der Waals surface area (Å²) in [6.45, 7) is 4.56. The average molecular weight is 309 g/mol. The molecule has 0 saturated carbocycles. The molecule has 0 aliphatic carbocycles. The van der Waals surface area contributed by atoms with Crippen LogP contribution < -0.4 is 11.1 Å². The molecule has 3 aromatic rings. The molecular formula is C17H19N5O. The van der Waals surface area contributed by atoms with Crippen molar-refractivity contribution in [2.45, 2.75) is 20.3 Å². The highest BCUT2D eigenvalue weighted by Gasteiger charge is 2.16. The second-order valence-corrected chi connectivity index (χ2v) is 5.45. The first-order valence-electron chi connectivity index (χ1n) is 7.59. The summed E-state index contributed by atoms with van der Waals surface area (Å²) in [7, 11) is 0. The fourth-order valence-corrected chi connectivity index (χ4v) is 2.63. The zero-order valence-electron chi connectivity index (χ0n) is 13.2. The van der Waals surface area contributed by atoms with E-state index in [9.17, 15) is 4.79 Å². The molecule has 6 nitrogen and oxygen atoms in total. The average Bonchev–Trinajstić information content (AvgIpc) is 2.98. The van der Waals surface area contributed by atoms with Crippen LogP contribution in [0.15, 0.2) is 30.6 Å². The molecule has 1 amide bonds. The maximum atomic E-state index is 12.2. The van der Waals surface area contributed by atoms with Gasteiger partial charge in [0.25, 0.3) is 5.91 Å². The molecule has 118 valence electrons. The minimum Gasteiger partial charge on any atom is -0.396 e. The van der Waals surface area contributed by atoms with Gasteiger partial charge in [0.2, 0.25) is 0 Å². The number of hydrogen-bond donors (Lipinski definition) is 3. The summed E-state index contributed by atoms with van der Waals surface area (Å²) in [5.74, 6) is -0.240. The molecule has 3 rings (SSSR count).